The van der Waals surface area contributed by atoms with Gasteiger partial charge in [-0.2, -0.15) is 5.26 Å². The van der Waals surface area contributed by atoms with Gasteiger partial charge in [0.25, 0.3) is 0 Å². The number of benzene rings is 2. The summed E-state index contributed by atoms with van der Waals surface area (Å²) in [4.78, 5) is 29.1. The first-order valence-corrected chi connectivity index (χ1v) is 14.7. The lowest BCUT2D eigenvalue weighted by molar-refractivity contribution is -0.161. The number of aliphatic hydroxyl groups is 1. The van der Waals surface area contributed by atoms with E-state index in [0.717, 1.165) is 16.8 Å². The summed E-state index contributed by atoms with van der Waals surface area (Å²) in [6.45, 7) is 0.790. The van der Waals surface area contributed by atoms with Crippen molar-refractivity contribution in [2.45, 2.75) is 56.2 Å². The third-order valence-electron chi connectivity index (χ3n) is 10.5. The third kappa shape index (κ3) is 3.59. The number of methoxy groups -OCH3 is 1. The number of carbonyl (C=O) groups excluding carboxylic acids is 2. The van der Waals surface area contributed by atoms with Crippen molar-refractivity contribution in [3.8, 4) is 17.5 Å². The van der Waals surface area contributed by atoms with Crippen molar-refractivity contribution in [1.29, 1.82) is 5.26 Å². The number of esters is 1. The van der Waals surface area contributed by atoms with E-state index in [0.29, 0.717) is 55.9 Å². The Kier molecular flexibility index (Phi) is 6.12. The lowest BCUT2D eigenvalue weighted by Gasteiger charge is -2.52. The summed E-state index contributed by atoms with van der Waals surface area (Å²) in [5.74, 6) is -0.534. The molecule has 11 heteroatoms. The zero-order chi connectivity index (χ0) is 29.3. The Labute approximate surface area is 248 Å². The smallest absolute Gasteiger partial charge is 0.315 e. The van der Waals surface area contributed by atoms with Gasteiger partial charge in [0.2, 0.25) is 5.91 Å². The zero-order valence-corrected chi connectivity index (χ0v) is 23.9. The summed E-state index contributed by atoms with van der Waals surface area (Å²) in [6, 6.07) is 14.5. The van der Waals surface area contributed by atoms with Crippen LogP contribution in [-0.2, 0) is 26.3 Å². The molecule has 3 aromatic rings. The fourth-order valence-corrected chi connectivity index (χ4v) is 8.70. The number of anilines is 1. The number of nitrogens with zero attached hydrogens (tertiary/aromatic N) is 5. The van der Waals surface area contributed by atoms with Crippen molar-refractivity contribution in [3.05, 3.63) is 65.3 Å². The molecule has 1 aromatic heterocycles. The number of fused-ring (bicyclic) bond motifs is 1. The molecule has 4 aliphatic rings. The van der Waals surface area contributed by atoms with Crippen LogP contribution >= 0.6 is 11.6 Å². The molecule has 6 atom stereocenters. The van der Waals surface area contributed by atoms with E-state index in [9.17, 15) is 20.0 Å². The van der Waals surface area contributed by atoms with Gasteiger partial charge >= 0.3 is 5.97 Å². The van der Waals surface area contributed by atoms with Crippen molar-refractivity contribution in [2.24, 2.45) is 16.7 Å². The van der Waals surface area contributed by atoms with E-state index in [1.807, 2.05) is 48.7 Å². The van der Waals surface area contributed by atoms with Crippen LogP contribution in [0.25, 0.3) is 11.3 Å². The van der Waals surface area contributed by atoms with Crippen LogP contribution in [0.4, 0.5) is 5.69 Å². The minimum absolute atomic E-state index is 0.0447. The Morgan fingerprint density at radius 3 is 2.88 bits per heavy atom. The number of aryl methyl sites for hydroxylation is 1. The van der Waals surface area contributed by atoms with Gasteiger partial charge in [-0.15, -0.1) is 5.10 Å². The van der Waals surface area contributed by atoms with Crippen molar-refractivity contribution in [1.82, 2.24) is 19.9 Å². The Morgan fingerprint density at radius 1 is 1.26 bits per heavy atom. The summed E-state index contributed by atoms with van der Waals surface area (Å²) in [6.07, 6.45) is 5.89. The first kappa shape index (κ1) is 26.9. The highest BCUT2D eigenvalue weighted by atomic mass is 35.5. The quantitative estimate of drug-likeness (QED) is 0.329. The Balaban J connectivity index is 1.28. The van der Waals surface area contributed by atoms with Gasteiger partial charge in [-0.3, -0.25) is 14.3 Å². The molecule has 7 rings (SSSR count). The van der Waals surface area contributed by atoms with Crippen molar-refractivity contribution in [2.75, 3.05) is 19.0 Å². The summed E-state index contributed by atoms with van der Waals surface area (Å²) in [5, 5.41) is 33.9. The number of carbonyl (C=O) groups is 2. The van der Waals surface area contributed by atoms with Gasteiger partial charge in [0.05, 0.1) is 30.9 Å². The molecule has 2 aliphatic heterocycles. The third-order valence-corrected chi connectivity index (χ3v) is 10.8. The van der Waals surface area contributed by atoms with Crippen LogP contribution in [0.5, 0.6) is 0 Å². The molecule has 2 N–H and O–H groups in total. The molecule has 3 heterocycles. The molecular weight excluding hydrogens is 556 g/mol. The number of aromatic nitrogens is 3. The van der Waals surface area contributed by atoms with Gasteiger partial charge in [-0.1, -0.05) is 47.1 Å². The van der Waals surface area contributed by atoms with E-state index in [1.165, 1.54) is 7.11 Å². The van der Waals surface area contributed by atoms with Gasteiger partial charge in [0, 0.05) is 29.4 Å². The number of rotatable bonds is 6. The van der Waals surface area contributed by atoms with Crippen LogP contribution in [-0.4, -0.2) is 62.7 Å². The van der Waals surface area contributed by atoms with Crippen LogP contribution < -0.4 is 5.32 Å². The van der Waals surface area contributed by atoms with Gasteiger partial charge in [0.1, 0.15) is 11.1 Å². The second-order valence-corrected chi connectivity index (χ2v) is 12.6. The van der Waals surface area contributed by atoms with Crippen LogP contribution in [0.15, 0.2) is 54.7 Å². The molecule has 216 valence electrons. The molecule has 0 bridgehead atoms. The van der Waals surface area contributed by atoms with Crippen LogP contribution in [0, 0.1) is 28.2 Å². The maximum atomic E-state index is 14.2. The van der Waals surface area contributed by atoms with Crippen molar-refractivity contribution >= 4 is 29.2 Å². The molecule has 1 saturated heterocycles. The second kappa shape index (κ2) is 9.54. The molecule has 10 nitrogen and oxygen atoms in total. The average molecular weight is 587 g/mol. The maximum Gasteiger partial charge on any atom is 0.315 e. The number of hydrogen-bond donors (Lipinski definition) is 2. The van der Waals surface area contributed by atoms with E-state index in [1.54, 1.807) is 15.6 Å². The molecule has 42 heavy (non-hydrogen) atoms. The lowest BCUT2D eigenvalue weighted by atomic mass is 9.60. The first-order valence-electron chi connectivity index (χ1n) is 14.3. The maximum absolute atomic E-state index is 14.2. The standard InChI is InChI=1S/C31H31ClN6O4/c1-42-28(41)31-17-29(31)14-25(37(18-33)15-20(29)9-10-26(31)39)30(22-7-2-3-8-23(22)34-27(30)40)11-12-38-16-24(35-36-38)19-5-4-6-21(32)13-19/h2-8,13,16,20,25-26,39H,9-12,14-15,17H2,1H3,(H,34,40)/t20-,25-,26-,29+,30-,31-/m0/s1. The van der Waals surface area contributed by atoms with E-state index in [2.05, 4.69) is 21.8 Å². The zero-order valence-electron chi connectivity index (χ0n) is 23.2. The Hall–Kier alpha value is -3.94. The van der Waals surface area contributed by atoms with Crippen LogP contribution in [0.3, 0.4) is 0 Å². The Morgan fingerprint density at radius 2 is 2.10 bits per heavy atom. The van der Waals surface area contributed by atoms with E-state index < -0.39 is 34.4 Å². The fourth-order valence-electron chi connectivity index (χ4n) is 8.51. The topological polar surface area (TPSA) is 133 Å². The molecule has 0 unspecified atom stereocenters. The highest BCUT2D eigenvalue weighted by molar-refractivity contribution is 6.30. The molecule has 3 fully saturated rings. The Bertz CT molecular complexity index is 1640. The van der Waals surface area contributed by atoms with E-state index >= 15 is 0 Å². The number of amides is 1. The number of ether oxygens (including phenoxy) is 1. The normalized spacial score (nSPS) is 32.7. The average Bonchev–Trinajstić information content (AvgIpc) is 3.31. The highest BCUT2D eigenvalue weighted by Gasteiger charge is 2.81. The highest BCUT2D eigenvalue weighted by Crippen LogP contribution is 2.77. The number of para-hydroxylation sites is 1. The molecule has 2 saturated carbocycles. The van der Waals surface area contributed by atoms with E-state index in [-0.39, 0.29) is 11.8 Å². The lowest BCUT2D eigenvalue weighted by Crippen LogP contribution is -2.61. The largest absolute Gasteiger partial charge is 0.468 e. The van der Waals surface area contributed by atoms with Gasteiger partial charge < -0.3 is 20.1 Å². The number of aliphatic hydroxyl groups excluding tert-OH is 1. The number of piperidine rings is 1. The predicted octanol–water partition coefficient (Wildman–Crippen LogP) is 3.75. The summed E-state index contributed by atoms with van der Waals surface area (Å²) < 4.78 is 6.95. The number of likely N-dealkylation sites (tertiary alicyclic amines) is 1. The van der Waals surface area contributed by atoms with Crippen LogP contribution in [0.2, 0.25) is 5.02 Å². The number of halogens is 1. The van der Waals surface area contributed by atoms with Crippen molar-refractivity contribution < 1.29 is 19.4 Å². The molecule has 1 spiro atoms. The second-order valence-electron chi connectivity index (χ2n) is 12.2. The van der Waals surface area contributed by atoms with Crippen LogP contribution in [0.1, 0.15) is 37.7 Å². The van der Waals surface area contributed by atoms with Crippen molar-refractivity contribution in [3.63, 3.8) is 0 Å². The number of nitrogens with one attached hydrogen (secondary N) is 1. The molecule has 1 amide bonds. The predicted molar refractivity (Wildman–Crippen MR) is 153 cm³/mol. The first-order chi connectivity index (χ1) is 20.3. The summed E-state index contributed by atoms with van der Waals surface area (Å²) in [5.41, 5.74) is 0.414. The number of hydrogen-bond acceptors (Lipinski definition) is 8. The van der Waals surface area contributed by atoms with Gasteiger partial charge in [0.15, 0.2) is 6.19 Å². The SMILES string of the molecule is COC(=O)[C@@]12C[C@@]13C[C@@H]([C@@]1(CCn4cc(-c5cccc(Cl)c5)nn4)C(=O)Nc4ccccc41)N(C#N)C[C@@H]3CC[C@@H]2O. The number of nitriles is 1. The molecule has 2 aliphatic carbocycles. The summed E-state index contributed by atoms with van der Waals surface area (Å²) in [7, 11) is 1.36. The molecular formula is C31H31ClN6O4. The summed E-state index contributed by atoms with van der Waals surface area (Å²) >= 11 is 6.18. The molecule has 0 radical (unpaired) electrons. The monoisotopic (exact) mass is 586 g/mol. The minimum atomic E-state index is -1.10. The van der Waals surface area contributed by atoms with E-state index in [4.69, 9.17) is 16.3 Å². The minimum Gasteiger partial charge on any atom is -0.468 e. The van der Waals surface area contributed by atoms with Gasteiger partial charge in [-0.05, 0) is 67.2 Å². The molecule has 2 aromatic carbocycles. The van der Waals surface area contributed by atoms with Gasteiger partial charge in [-0.25, -0.2) is 0 Å². The fraction of sp³-hybridized carbons (Fsp3) is 0.452.